The number of aromatic nitrogens is 3. The molecule has 0 aliphatic heterocycles. The second-order valence-electron chi connectivity index (χ2n) is 7.87. The number of carbonyl (C=O) groups is 1. The van der Waals surface area contributed by atoms with Crippen LogP contribution in [0.25, 0.3) is 0 Å². The molecule has 2 aromatic carbocycles. The highest BCUT2D eigenvalue weighted by Gasteiger charge is 2.13. The number of hydrogen-bond acceptors (Lipinski definition) is 5. The highest BCUT2D eigenvalue weighted by atomic mass is 79.9. The Morgan fingerprint density at radius 1 is 1.09 bits per heavy atom. The van der Waals surface area contributed by atoms with Crippen LogP contribution < -0.4 is 10.1 Å². The summed E-state index contributed by atoms with van der Waals surface area (Å²) >= 11 is 4.89. The number of nitrogens with one attached hydrogen (secondary N) is 1. The summed E-state index contributed by atoms with van der Waals surface area (Å²) in [5.41, 5.74) is 5.36. The first-order chi connectivity index (χ1) is 15.3. The molecule has 3 rings (SSSR count). The van der Waals surface area contributed by atoms with E-state index < -0.39 is 0 Å². The molecule has 32 heavy (non-hydrogen) atoms. The molecule has 0 spiro atoms. The molecule has 170 valence electrons. The third kappa shape index (κ3) is 6.13. The quantitative estimate of drug-likeness (QED) is 0.384. The van der Waals surface area contributed by atoms with Gasteiger partial charge in [-0.3, -0.25) is 4.79 Å². The van der Waals surface area contributed by atoms with Crippen LogP contribution in [-0.4, -0.2) is 33.5 Å². The van der Waals surface area contributed by atoms with E-state index in [9.17, 15) is 4.79 Å². The minimum atomic E-state index is -0.0528. The average Bonchev–Trinajstić information content (AvgIpc) is 3.09. The summed E-state index contributed by atoms with van der Waals surface area (Å²) in [7, 11) is 3.65. The van der Waals surface area contributed by atoms with Crippen molar-refractivity contribution in [3.05, 3.63) is 62.9 Å². The number of aryl methyl sites for hydroxylation is 5. The van der Waals surface area contributed by atoms with Gasteiger partial charge in [-0.25, -0.2) is 0 Å². The second-order valence-corrected chi connectivity index (χ2v) is 9.72. The molecule has 0 saturated carbocycles. The van der Waals surface area contributed by atoms with Crippen LogP contribution >= 0.6 is 27.7 Å². The third-order valence-electron chi connectivity index (χ3n) is 5.34. The number of thioether (sulfide) groups is 1. The number of methoxy groups -OCH3 is 1. The van der Waals surface area contributed by atoms with Crippen molar-refractivity contribution >= 4 is 39.3 Å². The molecular weight excluding hydrogens is 488 g/mol. The molecule has 1 heterocycles. The molecule has 0 atom stereocenters. The van der Waals surface area contributed by atoms with Crippen molar-refractivity contribution in [2.75, 3.05) is 18.2 Å². The van der Waals surface area contributed by atoms with E-state index in [1.54, 1.807) is 7.11 Å². The molecule has 6 nitrogen and oxygen atoms in total. The molecule has 0 aliphatic carbocycles. The largest absolute Gasteiger partial charge is 0.496 e. The lowest BCUT2D eigenvalue weighted by Gasteiger charge is -2.12. The Morgan fingerprint density at radius 3 is 2.47 bits per heavy atom. The maximum Gasteiger partial charge on any atom is 0.234 e. The number of halogens is 1. The van der Waals surface area contributed by atoms with Gasteiger partial charge in [0.2, 0.25) is 5.91 Å². The summed E-state index contributed by atoms with van der Waals surface area (Å²) in [5, 5.41) is 12.4. The van der Waals surface area contributed by atoms with E-state index in [-0.39, 0.29) is 11.7 Å². The Labute approximate surface area is 202 Å². The summed E-state index contributed by atoms with van der Waals surface area (Å²) in [4.78, 5) is 12.5. The summed E-state index contributed by atoms with van der Waals surface area (Å²) in [6, 6.07) is 10.3. The van der Waals surface area contributed by atoms with Crippen LogP contribution in [-0.2, 0) is 24.7 Å². The Hall–Kier alpha value is -2.32. The first-order valence-electron chi connectivity index (χ1n) is 10.5. The van der Waals surface area contributed by atoms with Gasteiger partial charge in [0, 0.05) is 23.6 Å². The molecule has 1 aromatic heterocycles. The summed E-state index contributed by atoms with van der Waals surface area (Å²) in [6.07, 6.45) is 2.78. The van der Waals surface area contributed by atoms with Crippen LogP contribution in [0.4, 0.5) is 5.69 Å². The molecular formula is C24H29BrN4O2S. The molecule has 0 fully saturated rings. The highest BCUT2D eigenvalue weighted by Crippen LogP contribution is 2.26. The van der Waals surface area contributed by atoms with Gasteiger partial charge in [0.15, 0.2) is 5.16 Å². The topological polar surface area (TPSA) is 69.0 Å². The van der Waals surface area contributed by atoms with Crippen molar-refractivity contribution in [2.24, 2.45) is 7.05 Å². The van der Waals surface area contributed by atoms with Gasteiger partial charge >= 0.3 is 0 Å². The maximum atomic E-state index is 12.5. The molecule has 0 unspecified atom stereocenters. The molecule has 1 N–H and O–H groups in total. The molecule has 0 radical (unpaired) electrons. The third-order valence-corrected chi connectivity index (χ3v) is 6.82. The standard InChI is InChI=1S/C24H29BrN4O2S/c1-15-11-18(9-10-20(15)31-5)7-6-8-21-27-28-24(29(21)4)32-14-22(30)26-23-16(2)12-19(25)13-17(23)3/h9-13H,6-8,14H2,1-5H3,(H,26,30). The van der Waals surface area contributed by atoms with E-state index in [1.807, 2.05) is 43.7 Å². The van der Waals surface area contributed by atoms with Crippen LogP contribution in [0.1, 0.15) is 34.5 Å². The monoisotopic (exact) mass is 516 g/mol. The Morgan fingerprint density at radius 2 is 1.81 bits per heavy atom. The van der Waals surface area contributed by atoms with E-state index in [2.05, 4.69) is 50.5 Å². The SMILES string of the molecule is COc1ccc(CCCc2nnc(SCC(=O)Nc3c(C)cc(Br)cc3C)n2C)cc1C. The summed E-state index contributed by atoms with van der Waals surface area (Å²) in [6.45, 7) is 6.04. The fraction of sp³-hybridized carbons (Fsp3) is 0.375. The molecule has 1 amide bonds. The van der Waals surface area contributed by atoms with Gasteiger partial charge in [-0.05, 0) is 74.1 Å². The first kappa shape index (κ1) is 24.3. The summed E-state index contributed by atoms with van der Waals surface area (Å²) in [5.74, 6) is 2.07. The Kier molecular flexibility index (Phi) is 8.37. The molecule has 8 heteroatoms. The van der Waals surface area contributed by atoms with E-state index in [0.29, 0.717) is 0 Å². The van der Waals surface area contributed by atoms with Gasteiger partial charge < -0.3 is 14.6 Å². The van der Waals surface area contributed by atoms with E-state index in [4.69, 9.17) is 4.74 Å². The van der Waals surface area contributed by atoms with Crippen molar-refractivity contribution in [3.8, 4) is 5.75 Å². The smallest absolute Gasteiger partial charge is 0.234 e. The van der Waals surface area contributed by atoms with Gasteiger partial charge in [0.1, 0.15) is 11.6 Å². The zero-order valence-corrected chi connectivity index (χ0v) is 21.6. The predicted molar refractivity (Wildman–Crippen MR) is 134 cm³/mol. The van der Waals surface area contributed by atoms with Crippen LogP contribution in [0.2, 0.25) is 0 Å². The first-order valence-corrected chi connectivity index (χ1v) is 12.3. The minimum absolute atomic E-state index is 0.0528. The fourth-order valence-corrected chi connectivity index (χ4v) is 5.07. The maximum absolute atomic E-state index is 12.5. The normalized spacial score (nSPS) is 10.9. The lowest BCUT2D eigenvalue weighted by molar-refractivity contribution is -0.113. The number of amides is 1. The molecule has 0 bridgehead atoms. The van der Waals surface area contributed by atoms with Crippen molar-refractivity contribution in [1.82, 2.24) is 14.8 Å². The lowest BCUT2D eigenvalue weighted by atomic mass is 10.0. The zero-order valence-electron chi connectivity index (χ0n) is 19.2. The zero-order chi connectivity index (χ0) is 23.3. The number of anilines is 1. The summed E-state index contributed by atoms with van der Waals surface area (Å²) < 4.78 is 8.31. The lowest BCUT2D eigenvalue weighted by Crippen LogP contribution is -2.16. The number of nitrogens with zero attached hydrogens (tertiary/aromatic N) is 3. The molecule has 0 saturated heterocycles. The van der Waals surface area contributed by atoms with Gasteiger partial charge in [0.05, 0.1) is 12.9 Å². The van der Waals surface area contributed by atoms with Crippen molar-refractivity contribution in [1.29, 1.82) is 0 Å². The molecule has 0 aliphatic rings. The minimum Gasteiger partial charge on any atom is -0.496 e. The fourth-order valence-electron chi connectivity index (χ4n) is 3.65. The van der Waals surface area contributed by atoms with Gasteiger partial charge in [-0.1, -0.05) is 39.8 Å². The van der Waals surface area contributed by atoms with Crippen LogP contribution in [0.3, 0.4) is 0 Å². The van der Waals surface area contributed by atoms with E-state index in [0.717, 1.165) is 62.8 Å². The Balaban J connectivity index is 1.51. The number of ether oxygens (including phenoxy) is 1. The van der Waals surface area contributed by atoms with E-state index >= 15 is 0 Å². The van der Waals surface area contributed by atoms with Crippen molar-refractivity contribution in [2.45, 2.75) is 45.2 Å². The van der Waals surface area contributed by atoms with Crippen molar-refractivity contribution in [3.63, 3.8) is 0 Å². The second kappa shape index (κ2) is 11.0. The predicted octanol–water partition coefficient (Wildman–Crippen LogP) is 5.42. The average molecular weight is 517 g/mol. The van der Waals surface area contributed by atoms with Gasteiger partial charge in [-0.2, -0.15) is 0 Å². The Bertz CT molecular complexity index is 1090. The van der Waals surface area contributed by atoms with Crippen molar-refractivity contribution < 1.29 is 9.53 Å². The number of carbonyl (C=O) groups excluding carboxylic acids is 1. The van der Waals surface area contributed by atoms with E-state index in [1.165, 1.54) is 17.3 Å². The van der Waals surface area contributed by atoms with Crippen LogP contribution in [0.15, 0.2) is 40.0 Å². The number of hydrogen-bond donors (Lipinski definition) is 1. The number of rotatable bonds is 9. The van der Waals surface area contributed by atoms with Crippen LogP contribution in [0, 0.1) is 20.8 Å². The molecule has 3 aromatic rings. The van der Waals surface area contributed by atoms with Crippen LogP contribution in [0.5, 0.6) is 5.75 Å². The highest BCUT2D eigenvalue weighted by molar-refractivity contribution is 9.10. The van der Waals surface area contributed by atoms with Gasteiger partial charge in [-0.15, -0.1) is 10.2 Å². The van der Waals surface area contributed by atoms with Gasteiger partial charge in [0.25, 0.3) is 0 Å². The number of benzene rings is 2.